The summed E-state index contributed by atoms with van der Waals surface area (Å²) >= 11 is 0. The first-order valence-electron chi connectivity index (χ1n) is 7.96. The number of carbonyl (C=O) groups excluding carboxylic acids is 2. The Morgan fingerprint density at radius 1 is 1.30 bits per heavy atom. The number of rotatable bonds is 3. The van der Waals surface area contributed by atoms with E-state index in [1.54, 1.807) is 19.2 Å². The Balaban J connectivity index is 1.96. The van der Waals surface area contributed by atoms with Crippen LogP contribution in [0.25, 0.3) is 0 Å². The van der Waals surface area contributed by atoms with Crippen LogP contribution in [0, 0.1) is 0 Å². The average molecular weight is 319 g/mol. The van der Waals surface area contributed by atoms with Gasteiger partial charge in [-0.3, -0.25) is 4.79 Å². The zero-order valence-electron chi connectivity index (χ0n) is 14.3. The predicted octanol–water partition coefficient (Wildman–Crippen LogP) is 2.46. The Hall–Kier alpha value is -2.11. The maximum Gasteiger partial charge on any atom is 0.357 e. The van der Waals surface area contributed by atoms with E-state index in [1.165, 1.54) is 0 Å². The average Bonchev–Trinajstić information content (AvgIpc) is 2.46. The SMILES string of the molecule is CC(=O)N1CCC(Nc2ccnc(C(=O)OC(C)(C)C)c2)CC1. The second-order valence-electron chi connectivity index (χ2n) is 6.86. The van der Waals surface area contributed by atoms with Crippen LogP contribution in [-0.2, 0) is 9.53 Å². The number of nitrogens with zero attached hydrogens (tertiary/aromatic N) is 2. The summed E-state index contributed by atoms with van der Waals surface area (Å²) < 4.78 is 5.34. The van der Waals surface area contributed by atoms with E-state index in [-0.39, 0.29) is 5.91 Å². The van der Waals surface area contributed by atoms with E-state index < -0.39 is 11.6 Å². The molecule has 0 unspecified atom stereocenters. The molecule has 0 spiro atoms. The van der Waals surface area contributed by atoms with Gasteiger partial charge in [-0.15, -0.1) is 0 Å². The highest BCUT2D eigenvalue weighted by molar-refractivity contribution is 5.88. The van der Waals surface area contributed by atoms with Crippen molar-refractivity contribution in [3.8, 4) is 0 Å². The van der Waals surface area contributed by atoms with Crippen molar-refractivity contribution in [1.29, 1.82) is 0 Å². The zero-order valence-corrected chi connectivity index (χ0v) is 14.3. The molecule has 6 heteroatoms. The molecule has 0 atom stereocenters. The molecule has 6 nitrogen and oxygen atoms in total. The van der Waals surface area contributed by atoms with E-state index in [1.807, 2.05) is 31.7 Å². The van der Waals surface area contributed by atoms with Gasteiger partial charge in [-0.1, -0.05) is 0 Å². The van der Waals surface area contributed by atoms with Gasteiger partial charge in [0, 0.05) is 37.9 Å². The summed E-state index contributed by atoms with van der Waals surface area (Å²) in [4.78, 5) is 29.4. The monoisotopic (exact) mass is 319 g/mol. The van der Waals surface area contributed by atoms with E-state index in [0.717, 1.165) is 31.6 Å². The largest absolute Gasteiger partial charge is 0.455 e. The van der Waals surface area contributed by atoms with Gasteiger partial charge in [-0.05, 0) is 45.7 Å². The quantitative estimate of drug-likeness (QED) is 0.867. The van der Waals surface area contributed by atoms with E-state index >= 15 is 0 Å². The second-order valence-corrected chi connectivity index (χ2v) is 6.86. The number of aromatic nitrogens is 1. The molecular weight excluding hydrogens is 294 g/mol. The number of likely N-dealkylation sites (tertiary alicyclic amines) is 1. The maximum atomic E-state index is 12.1. The number of pyridine rings is 1. The number of hydrogen-bond donors (Lipinski definition) is 1. The van der Waals surface area contributed by atoms with E-state index in [9.17, 15) is 9.59 Å². The van der Waals surface area contributed by atoms with E-state index in [2.05, 4.69) is 10.3 Å². The first kappa shape index (κ1) is 17.2. The molecule has 1 aliphatic rings. The van der Waals surface area contributed by atoms with Crippen LogP contribution < -0.4 is 5.32 Å². The van der Waals surface area contributed by atoms with Crippen molar-refractivity contribution in [1.82, 2.24) is 9.88 Å². The molecule has 1 aromatic rings. The number of ether oxygens (including phenoxy) is 1. The third-order valence-electron chi connectivity index (χ3n) is 3.68. The Bertz CT molecular complexity index is 573. The highest BCUT2D eigenvalue weighted by atomic mass is 16.6. The number of anilines is 1. The standard InChI is InChI=1S/C17H25N3O3/c1-12(21)20-9-6-13(7-10-20)19-14-5-8-18-15(11-14)16(22)23-17(2,3)4/h5,8,11,13H,6-7,9-10H2,1-4H3,(H,18,19). The fourth-order valence-corrected chi connectivity index (χ4v) is 2.54. The summed E-state index contributed by atoms with van der Waals surface area (Å²) in [6.07, 6.45) is 3.39. The third kappa shape index (κ3) is 5.23. The normalized spacial score (nSPS) is 16.1. The van der Waals surface area contributed by atoms with Gasteiger partial charge in [0.25, 0.3) is 0 Å². The topological polar surface area (TPSA) is 71.5 Å². The lowest BCUT2D eigenvalue weighted by atomic mass is 10.0. The van der Waals surface area contributed by atoms with Crippen molar-refractivity contribution in [2.75, 3.05) is 18.4 Å². The Morgan fingerprint density at radius 2 is 1.96 bits per heavy atom. The molecule has 1 aliphatic heterocycles. The lowest BCUT2D eigenvalue weighted by Crippen LogP contribution is -2.41. The second kappa shape index (κ2) is 6.98. The summed E-state index contributed by atoms with van der Waals surface area (Å²) in [6, 6.07) is 3.84. The lowest BCUT2D eigenvalue weighted by molar-refractivity contribution is -0.129. The summed E-state index contributed by atoms with van der Waals surface area (Å²) in [7, 11) is 0. The Labute approximate surface area is 137 Å². The number of carbonyl (C=O) groups is 2. The molecule has 2 heterocycles. The first-order chi connectivity index (χ1) is 10.7. The molecule has 1 amide bonds. The van der Waals surface area contributed by atoms with Crippen LogP contribution in [-0.4, -0.2) is 46.5 Å². The minimum atomic E-state index is -0.540. The highest BCUT2D eigenvalue weighted by Crippen LogP contribution is 2.18. The number of esters is 1. The van der Waals surface area contributed by atoms with Gasteiger partial charge in [0.05, 0.1) is 0 Å². The highest BCUT2D eigenvalue weighted by Gasteiger charge is 2.22. The van der Waals surface area contributed by atoms with E-state index in [4.69, 9.17) is 4.74 Å². The van der Waals surface area contributed by atoms with Gasteiger partial charge in [0.15, 0.2) is 0 Å². The fraction of sp³-hybridized carbons (Fsp3) is 0.588. The number of piperidine rings is 1. The molecule has 1 aromatic heterocycles. The molecule has 0 saturated carbocycles. The van der Waals surface area contributed by atoms with Crippen molar-refractivity contribution >= 4 is 17.6 Å². The minimum absolute atomic E-state index is 0.125. The van der Waals surface area contributed by atoms with Crippen molar-refractivity contribution < 1.29 is 14.3 Å². The summed E-state index contributed by atoms with van der Waals surface area (Å²) in [6.45, 7) is 8.61. The van der Waals surface area contributed by atoms with Gasteiger partial charge in [0.2, 0.25) is 5.91 Å². The molecule has 0 aliphatic carbocycles. The van der Waals surface area contributed by atoms with Crippen molar-refractivity contribution in [2.45, 2.75) is 52.2 Å². The van der Waals surface area contributed by atoms with Crippen molar-refractivity contribution in [3.63, 3.8) is 0 Å². The molecule has 1 saturated heterocycles. The van der Waals surface area contributed by atoms with Crippen LogP contribution in [0.5, 0.6) is 0 Å². The molecule has 0 aromatic carbocycles. The molecule has 1 fully saturated rings. The molecule has 1 N–H and O–H groups in total. The summed E-state index contributed by atoms with van der Waals surface area (Å²) in [5.74, 6) is -0.299. The number of amides is 1. The Kier molecular flexibility index (Phi) is 5.23. The Morgan fingerprint density at radius 3 is 2.52 bits per heavy atom. The molecule has 0 radical (unpaired) electrons. The molecular formula is C17H25N3O3. The molecule has 0 bridgehead atoms. The van der Waals surface area contributed by atoms with Gasteiger partial charge in [-0.2, -0.15) is 0 Å². The number of hydrogen-bond acceptors (Lipinski definition) is 5. The predicted molar refractivity (Wildman–Crippen MR) is 88.3 cm³/mol. The fourth-order valence-electron chi connectivity index (χ4n) is 2.54. The van der Waals surface area contributed by atoms with Crippen LogP contribution in [0.2, 0.25) is 0 Å². The third-order valence-corrected chi connectivity index (χ3v) is 3.68. The summed E-state index contributed by atoms with van der Waals surface area (Å²) in [5.41, 5.74) is 0.607. The van der Waals surface area contributed by atoms with Crippen molar-refractivity contribution in [3.05, 3.63) is 24.0 Å². The lowest BCUT2D eigenvalue weighted by Gasteiger charge is -2.32. The molecule has 23 heavy (non-hydrogen) atoms. The smallest absolute Gasteiger partial charge is 0.357 e. The van der Waals surface area contributed by atoms with E-state index in [0.29, 0.717) is 11.7 Å². The van der Waals surface area contributed by atoms with Gasteiger partial charge < -0.3 is 15.0 Å². The molecule has 2 rings (SSSR count). The first-order valence-corrected chi connectivity index (χ1v) is 7.96. The number of nitrogens with one attached hydrogen (secondary N) is 1. The summed E-state index contributed by atoms with van der Waals surface area (Å²) in [5, 5.41) is 3.41. The minimum Gasteiger partial charge on any atom is -0.455 e. The van der Waals surface area contributed by atoms with Crippen LogP contribution in [0.4, 0.5) is 5.69 Å². The maximum absolute atomic E-state index is 12.1. The van der Waals surface area contributed by atoms with Crippen LogP contribution in [0.3, 0.4) is 0 Å². The zero-order chi connectivity index (χ0) is 17.0. The van der Waals surface area contributed by atoms with Gasteiger partial charge in [-0.25, -0.2) is 9.78 Å². The van der Waals surface area contributed by atoms with Crippen LogP contribution >= 0.6 is 0 Å². The van der Waals surface area contributed by atoms with Gasteiger partial charge >= 0.3 is 5.97 Å². The van der Waals surface area contributed by atoms with Crippen LogP contribution in [0.1, 0.15) is 51.0 Å². The van der Waals surface area contributed by atoms with Crippen LogP contribution in [0.15, 0.2) is 18.3 Å². The van der Waals surface area contributed by atoms with Gasteiger partial charge in [0.1, 0.15) is 11.3 Å². The van der Waals surface area contributed by atoms with Crippen molar-refractivity contribution in [2.24, 2.45) is 0 Å². The molecule has 126 valence electrons.